The molecule has 1 amide bonds. The number of methoxy groups -OCH3 is 1. The van der Waals surface area contributed by atoms with Crippen LogP contribution in [0, 0.1) is 0 Å². The normalized spacial score (nSPS) is 10.2. The van der Waals surface area contributed by atoms with E-state index in [-0.39, 0.29) is 5.91 Å². The van der Waals surface area contributed by atoms with Crippen LogP contribution in [-0.4, -0.2) is 26.2 Å². The first-order chi connectivity index (χ1) is 8.26. The zero-order chi connectivity index (χ0) is 12.5. The van der Waals surface area contributed by atoms with Crippen LogP contribution in [0.2, 0.25) is 0 Å². The van der Waals surface area contributed by atoms with Gasteiger partial charge in [-0.3, -0.25) is 10.2 Å². The number of carbonyl (C=O) groups is 1. The summed E-state index contributed by atoms with van der Waals surface area (Å²) in [5, 5.41) is 0. The average Bonchev–Trinajstić information content (AvgIpc) is 2.36. The molecule has 0 aliphatic carbocycles. The van der Waals surface area contributed by atoms with Gasteiger partial charge in [-0.25, -0.2) is 5.84 Å². The zero-order valence-corrected chi connectivity index (χ0v) is 9.94. The van der Waals surface area contributed by atoms with Gasteiger partial charge in [-0.15, -0.1) is 0 Å². The maximum atomic E-state index is 11.0. The highest BCUT2D eigenvalue weighted by molar-refractivity contribution is 5.77. The van der Waals surface area contributed by atoms with Crippen molar-refractivity contribution in [2.45, 2.75) is 13.0 Å². The molecule has 5 heteroatoms. The summed E-state index contributed by atoms with van der Waals surface area (Å²) in [5.74, 6) is 4.81. The highest BCUT2D eigenvalue weighted by atomic mass is 16.5. The van der Waals surface area contributed by atoms with Gasteiger partial charge >= 0.3 is 0 Å². The number of ether oxygens (including phenoxy) is 2. The monoisotopic (exact) mass is 238 g/mol. The summed E-state index contributed by atoms with van der Waals surface area (Å²) in [6.07, 6.45) is 0.293. The van der Waals surface area contributed by atoms with Crippen LogP contribution in [0.15, 0.2) is 24.3 Å². The SMILES string of the molecule is COCCOCc1ccc(CC(=O)NN)cc1. The molecule has 0 fully saturated rings. The van der Waals surface area contributed by atoms with Crippen LogP contribution in [0.3, 0.4) is 0 Å². The van der Waals surface area contributed by atoms with Crippen LogP contribution >= 0.6 is 0 Å². The molecule has 0 atom stereocenters. The van der Waals surface area contributed by atoms with Crippen molar-refractivity contribution in [1.29, 1.82) is 0 Å². The van der Waals surface area contributed by atoms with Gasteiger partial charge < -0.3 is 9.47 Å². The van der Waals surface area contributed by atoms with Crippen molar-refractivity contribution in [2.75, 3.05) is 20.3 Å². The number of nitrogens with two attached hydrogens (primary N) is 1. The maximum absolute atomic E-state index is 11.0. The van der Waals surface area contributed by atoms with E-state index in [2.05, 4.69) is 5.43 Å². The summed E-state index contributed by atoms with van der Waals surface area (Å²) in [5.41, 5.74) is 4.09. The lowest BCUT2D eigenvalue weighted by Gasteiger charge is -2.05. The summed E-state index contributed by atoms with van der Waals surface area (Å²) in [6, 6.07) is 7.66. The Kier molecular flexibility index (Phi) is 6.24. The Hall–Kier alpha value is -1.43. The van der Waals surface area contributed by atoms with E-state index in [4.69, 9.17) is 15.3 Å². The summed E-state index contributed by atoms with van der Waals surface area (Å²) < 4.78 is 10.3. The summed E-state index contributed by atoms with van der Waals surface area (Å²) in [6.45, 7) is 1.72. The summed E-state index contributed by atoms with van der Waals surface area (Å²) in [4.78, 5) is 11.0. The molecule has 0 aliphatic rings. The fraction of sp³-hybridized carbons (Fsp3) is 0.417. The largest absolute Gasteiger partial charge is 0.382 e. The molecule has 0 spiro atoms. The van der Waals surface area contributed by atoms with Gasteiger partial charge in [0.15, 0.2) is 0 Å². The fourth-order valence-corrected chi connectivity index (χ4v) is 1.32. The summed E-state index contributed by atoms with van der Waals surface area (Å²) >= 11 is 0. The molecule has 0 radical (unpaired) electrons. The Labute approximate surface area is 101 Å². The molecule has 0 saturated carbocycles. The number of carbonyl (C=O) groups excluding carboxylic acids is 1. The Morgan fingerprint density at radius 2 is 1.88 bits per heavy atom. The Morgan fingerprint density at radius 3 is 2.47 bits per heavy atom. The lowest BCUT2D eigenvalue weighted by Crippen LogP contribution is -2.31. The number of rotatable bonds is 7. The topological polar surface area (TPSA) is 73.6 Å². The molecule has 0 bridgehead atoms. The highest BCUT2D eigenvalue weighted by Crippen LogP contribution is 2.06. The van der Waals surface area contributed by atoms with E-state index in [9.17, 15) is 4.79 Å². The number of hydrogen-bond donors (Lipinski definition) is 2. The predicted molar refractivity (Wildman–Crippen MR) is 64.0 cm³/mol. The van der Waals surface area contributed by atoms with Gasteiger partial charge in [-0.2, -0.15) is 0 Å². The van der Waals surface area contributed by atoms with E-state index in [1.165, 1.54) is 0 Å². The molecule has 0 heterocycles. The third-order valence-corrected chi connectivity index (χ3v) is 2.25. The first-order valence-electron chi connectivity index (χ1n) is 5.40. The Balaban J connectivity index is 2.36. The molecule has 0 aliphatic heterocycles. The number of amides is 1. The van der Waals surface area contributed by atoms with E-state index >= 15 is 0 Å². The van der Waals surface area contributed by atoms with Crippen molar-refractivity contribution in [1.82, 2.24) is 5.43 Å². The molecule has 17 heavy (non-hydrogen) atoms. The van der Waals surface area contributed by atoms with Crippen molar-refractivity contribution >= 4 is 5.91 Å². The standard InChI is InChI=1S/C12H18N2O3/c1-16-6-7-17-9-11-4-2-10(3-5-11)8-12(15)14-13/h2-5H,6-9,13H2,1H3,(H,14,15). The minimum Gasteiger partial charge on any atom is -0.382 e. The van der Waals surface area contributed by atoms with Crippen LogP contribution in [0.25, 0.3) is 0 Å². The number of benzene rings is 1. The van der Waals surface area contributed by atoms with E-state index in [0.29, 0.717) is 26.2 Å². The van der Waals surface area contributed by atoms with Gasteiger partial charge in [-0.1, -0.05) is 24.3 Å². The lowest BCUT2D eigenvalue weighted by molar-refractivity contribution is -0.120. The van der Waals surface area contributed by atoms with Crippen molar-refractivity contribution in [2.24, 2.45) is 5.84 Å². The average molecular weight is 238 g/mol. The van der Waals surface area contributed by atoms with E-state index in [0.717, 1.165) is 11.1 Å². The second-order valence-electron chi connectivity index (χ2n) is 3.61. The summed E-state index contributed by atoms with van der Waals surface area (Å²) in [7, 11) is 1.64. The van der Waals surface area contributed by atoms with Gasteiger partial charge in [-0.05, 0) is 11.1 Å². The van der Waals surface area contributed by atoms with Crippen molar-refractivity contribution < 1.29 is 14.3 Å². The van der Waals surface area contributed by atoms with Crippen LogP contribution in [0.1, 0.15) is 11.1 Å². The lowest BCUT2D eigenvalue weighted by atomic mass is 10.1. The first kappa shape index (κ1) is 13.6. The molecule has 1 aromatic carbocycles. The number of hydrazine groups is 1. The quantitative estimate of drug-likeness (QED) is 0.312. The second-order valence-corrected chi connectivity index (χ2v) is 3.61. The van der Waals surface area contributed by atoms with Gasteiger partial charge in [0.25, 0.3) is 0 Å². The zero-order valence-electron chi connectivity index (χ0n) is 9.94. The molecule has 1 aromatic rings. The van der Waals surface area contributed by atoms with Crippen molar-refractivity contribution in [3.63, 3.8) is 0 Å². The van der Waals surface area contributed by atoms with Gasteiger partial charge in [0.2, 0.25) is 5.91 Å². The third-order valence-electron chi connectivity index (χ3n) is 2.25. The van der Waals surface area contributed by atoms with E-state index in [1.807, 2.05) is 24.3 Å². The van der Waals surface area contributed by atoms with Crippen molar-refractivity contribution in [3.05, 3.63) is 35.4 Å². The fourth-order valence-electron chi connectivity index (χ4n) is 1.32. The molecular formula is C12H18N2O3. The molecule has 0 unspecified atom stereocenters. The predicted octanol–water partition coefficient (Wildman–Crippen LogP) is 0.382. The Morgan fingerprint density at radius 1 is 1.24 bits per heavy atom. The molecule has 1 rings (SSSR count). The van der Waals surface area contributed by atoms with Crippen molar-refractivity contribution in [3.8, 4) is 0 Å². The Bertz CT molecular complexity index is 338. The van der Waals surface area contributed by atoms with Gasteiger partial charge in [0.1, 0.15) is 0 Å². The minimum absolute atomic E-state index is 0.200. The van der Waals surface area contributed by atoms with Crippen LogP contribution < -0.4 is 11.3 Å². The maximum Gasteiger partial charge on any atom is 0.238 e. The van der Waals surface area contributed by atoms with Gasteiger partial charge in [0.05, 0.1) is 26.2 Å². The first-order valence-corrected chi connectivity index (χ1v) is 5.40. The van der Waals surface area contributed by atoms with Crippen LogP contribution in [0.4, 0.5) is 0 Å². The van der Waals surface area contributed by atoms with E-state index in [1.54, 1.807) is 7.11 Å². The molecular weight excluding hydrogens is 220 g/mol. The molecule has 0 saturated heterocycles. The second kappa shape index (κ2) is 7.78. The van der Waals surface area contributed by atoms with Gasteiger partial charge in [0, 0.05) is 7.11 Å². The van der Waals surface area contributed by atoms with Crippen LogP contribution in [-0.2, 0) is 27.3 Å². The van der Waals surface area contributed by atoms with E-state index < -0.39 is 0 Å². The minimum atomic E-state index is -0.200. The smallest absolute Gasteiger partial charge is 0.238 e. The molecule has 0 aromatic heterocycles. The molecule has 3 N–H and O–H groups in total. The third kappa shape index (κ3) is 5.44. The number of hydrogen-bond acceptors (Lipinski definition) is 4. The highest BCUT2D eigenvalue weighted by Gasteiger charge is 2.01. The molecule has 5 nitrogen and oxygen atoms in total. The van der Waals surface area contributed by atoms with Crippen LogP contribution in [0.5, 0.6) is 0 Å². The molecule has 94 valence electrons. The number of nitrogens with one attached hydrogen (secondary N) is 1.